The molecule has 0 fully saturated rings. The Kier molecular flexibility index (Phi) is 5.04. The zero-order valence-corrected chi connectivity index (χ0v) is 16.6. The summed E-state index contributed by atoms with van der Waals surface area (Å²) >= 11 is 3.42. The number of hydrogen-bond acceptors (Lipinski definition) is 5. The van der Waals surface area contributed by atoms with Gasteiger partial charge in [-0.1, -0.05) is 34.1 Å². The predicted molar refractivity (Wildman–Crippen MR) is 104 cm³/mol. The van der Waals surface area contributed by atoms with E-state index in [-0.39, 0.29) is 13.4 Å². The Morgan fingerprint density at radius 2 is 2.07 bits per heavy atom. The monoisotopic (exact) mass is 444 g/mol. The second-order valence-electron chi connectivity index (χ2n) is 6.51. The van der Waals surface area contributed by atoms with Gasteiger partial charge in [0.1, 0.15) is 12.5 Å². The molecule has 0 saturated carbocycles. The lowest BCUT2D eigenvalue weighted by molar-refractivity contribution is -0.148. The van der Waals surface area contributed by atoms with Crippen LogP contribution in [0.2, 0.25) is 0 Å². The van der Waals surface area contributed by atoms with Crippen molar-refractivity contribution in [3.8, 4) is 11.5 Å². The maximum absolute atomic E-state index is 12.9. The Bertz CT molecular complexity index is 975. The van der Waals surface area contributed by atoms with Crippen LogP contribution in [0.4, 0.5) is 4.79 Å². The lowest BCUT2D eigenvalue weighted by Crippen LogP contribution is -2.44. The van der Waals surface area contributed by atoms with Crippen LogP contribution < -0.4 is 14.8 Å². The fraction of sp³-hybridized carbons (Fsp3) is 0.250. The van der Waals surface area contributed by atoms with Crippen molar-refractivity contribution in [3.05, 3.63) is 58.1 Å². The summed E-state index contributed by atoms with van der Waals surface area (Å²) in [5.41, 5.74) is 2.00. The normalized spacial score (nSPS) is 20.4. The molecule has 8 heteroatoms. The van der Waals surface area contributed by atoms with Crippen molar-refractivity contribution >= 4 is 33.6 Å². The van der Waals surface area contributed by atoms with Crippen molar-refractivity contribution in [2.45, 2.75) is 19.6 Å². The standard InChI is InChI=1S/C20H17BrN2O5/c1-11-17(18(23-20(25)22-11)13-3-2-4-14(21)8-13)19(24)26-9-12-5-6-15-16(7-12)28-10-27-15/h2-8,17-18H,9-10H2,1H3,(H,23,25). The van der Waals surface area contributed by atoms with Gasteiger partial charge in [0.25, 0.3) is 0 Å². The van der Waals surface area contributed by atoms with Crippen LogP contribution in [0.15, 0.2) is 51.9 Å². The maximum Gasteiger partial charge on any atom is 0.341 e. The fourth-order valence-corrected chi connectivity index (χ4v) is 3.69. The Hall–Kier alpha value is -2.87. The number of ether oxygens (including phenoxy) is 3. The Morgan fingerprint density at radius 1 is 1.25 bits per heavy atom. The van der Waals surface area contributed by atoms with E-state index in [2.05, 4.69) is 26.2 Å². The zero-order chi connectivity index (χ0) is 19.7. The Balaban J connectivity index is 1.53. The van der Waals surface area contributed by atoms with Crippen LogP contribution in [0.1, 0.15) is 24.1 Å². The smallest absolute Gasteiger partial charge is 0.341 e. The number of carbonyl (C=O) groups is 2. The van der Waals surface area contributed by atoms with Gasteiger partial charge in [-0.05, 0) is 42.3 Å². The van der Waals surface area contributed by atoms with Crippen molar-refractivity contribution in [1.82, 2.24) is 5.32 Å². The third-order valence-corrected chi connectivity index (χ3v) is 5.11. The number of fused-ring (bicyclic) bond motifs is 1. The molecule has 2 aliphatic heterocycles. The van der Waals surface area contributed by atoms with E-state index in [4.69, 9.17) is 14.2 Å². The van der Waals surface area contributed by atoms with E-state index in [1.165, 1.54) is 0 Å². The molecule has 2 aromatic rings. The van der Waals surface area contributed by atoms with Crippen LogP contribution >= 0.6 is 15.9 Å². The average molecular weight is 445 g/mol. The molecule has 0 saturated heterocycles. The van der Waals surface area contributed by atoms with Crippen molar-refractivity contribution < 1.29 is 23.8 Å². The number of urea groups is 1. The first-order chi connectivity index (χ1) is 13.5. The first-order valence-electron chi connectivity index (χ1n) is 8.67. The van der Waals surface area contributed by atoms with Crippen molar-refractivity contribution in [2.24, 2.45) is 10.9 Å². The van der Waals surface area contributed by atoms with Crippen LogP contribution in [-0.4, -0.2) is 24.5 Å². The van der Waals surface area contributed by atoms with E-state index >= 15 is 0 Å². The third kappa shape index (κ3) is 3.73. The second-order valence-corrected chi connectivity index (χ2v) is 7.42. The molecule has 0 aliphatic carbocycles. The molecule has 0 spiro atoms. The fourth-order valence-electron chi connectivity index (χ4n) is 3.28. The second kappa shape index (κ2) is 7.63. The number of amides is 2. The Labute approximate surface area is 169 Å². The van der Waals surface area contributed by atoms with Gasteiger partial charge in [-0.25, -0.2) is 9.79 Å². The summed E-state index contributed by atoms with van der Waals surface area (Å²) in [7, 11) is 0. The van der Waals surface area contributed by atoms with Gasteiger partial charge in [-0.3, -0.25) is 4.79 Å². The first kappa shape index (κ1) is 18.5. The number of benzene rings is 2. The van der Waals surface area contributed by atoms with Gasteiger partial charge in [-0.2, -0.15) is 0 Å². The van der Waals surface area contributed by atoms with E-state index in [9.17, 15) is 9.59 Å². The molecular formula is C20H17BrN2O5. The minimum Gasteiger partial charge on any atom is -0.460 e. The summed E-state index contributed by atoms with van der Waals surface area (Å²) in [6, 6.07) is 11.8. The van der Waals surface area contributed by atoms with Crippen molar-refractivity contribution in [2.75, 3.05) is 6.79 Å². The number of esters is 1. The lowest BCUT2D eigenvalue weighted by atomic mass is 9.88. The van der Waals surface area contributed by atoms with E-state index in [0.717, 1.165) is 15.6 Å². The summed E-state index contributed by atoms with van der Waals surface area (Å²) in [6.07, 6.45) is 0. The average Bonchev–Trinajstić information content (AvgIpc) is 3.13. The summed E-state index contributed by atoms with van der Waals surface area (Å²) < 4.78 is 17.0. The van der Waals surface area contributed by atoms with Crippen LogP contribution in [0, 0.1) is 5.92 Å². The minimum absolute atomic E-state index is 0.0817. The van der Waals surface area contributed by atoms with Gasteiger partial charge in [0, 0.05) is 10.2 Å². The number of rotatable bonds is 4. The zero-order valence-electron chi connectivity index (χ0n) is 15.0. The van der Waals surface area contributed by atoms with E-state index in [0.29, 0.717) is 17.2 Å². The molecule has 2 atom stereocenters. The topological polar surface area (TPSA) is 86.2 Å². The number of nitrogens with zero attached hydrogens (tertiary/aromatic N) is 1. The number of carbonyl (C=O) groups excluding carboxylic acids is 2. The quantitative estimate of drug-likeness (QED) is 0.725. The van der Waals surface area contributed by atoms with Crippen LogP contribution in [0.3, 0.4) is 0 Å². The molecule has 0 aromatic heterocycles. The van der Waals surface area contributed by atoms with E-state index in [1.54, 1.807) is 19.1 Å². The number of hydrogen-bond donors (Lipinski definition) is 1. The summed E-state index contributed by atoms with van der Waals surface area (Å²) in [5, 5.41) is 2.77. The number of nitrogens with one attached hydrogen (secondary N) is 1. The van der Waals surface area contributed by atoms with Gasteiger partial charge in [0.05, 0.1) is 6.04 Å². The van der Waals surface area contributed by atoms with Crippen LogP contribution in [0.5, 0.6) is 11.5 Å². The van der Waals surface area contributed by atoms with Gasteiger partial charge in [0.2, 0.25) is 6.79 Å². The summed E-state index contributed by atoms with van der Waals surface area (Å²) in [6.45, 7) is 1.93. The highest BCUT2D eigenvalue weighted by Crippen LogP contribution is 2.33. The highest BCUT2D eigenvalue weighted by molar-refractivity contribution is 9.10. The molecule has 2 aromatic carbocycles. The SMILES string of the molecule is CC1=NC(=O)NC(c2cccc(Br)c2)C1C(=O)OCc1ccc2c(c1)OCO2. The molecule has 28 heavy (non-hydrogen) atoms. The molecule has 2 heterocycles. The maximum atomic E-state index is 12.9. The number of halogens is 1. The molecule has 144 valence electrons. The third-order valence-electron chi connectivity index (χ3n) is 4.62. The Morgan fingerprint density at radius 3 is 2.89 bits per heavy atom. The molecule has 2 aliphatic rings. The summed E-state index contributed by atoms with van der Waals surface area (Å²) in [4.78, 5) is 28.7. The number of aliphatic imine (C=N–C) groups is 1. The molecule has 2 unspecified atom stereocenters. The molecular weight excluding hydrogens is 428 g/mol. The van der Waals surface area contributed by atoms with Gasteiger partial charge in [-0.15, -0.1) is 0 Å². The van der Waals surface area contributed by atoms with Crippen LogP contribution in [-0.2, 0) is 16.1 Å². The molecule has 1 N–H and O–H groups in total. The minimum atomic E-state index is -0.707. The molecule has 0 radical (unpaired) electrons. The molecule has 2 amide bonds. The molecule has 7 nitrogen and oxygen atoms in total. The summed E-state index contributed by atoms with van der Waals surface area (Å²) in [5.74, 6) is 0.135. The van der Waals surface area contributed by atoms with Gasteiger partial charge >= 0.3 is 12.0 Å². The van der Waals surface area contributed by atoms with Crippen molar-refractivity contribution in [1.29, 1.82) is 0 Å². The van der Waals surface area contributed by atoms with Gasteiger partial charge < -0.3 is 19.5 Å². The largest absolute Gasteiger partial charge is 0.460 e. The van der Waals surface area contributed by atoms with E-state index < -0.39 is 24.0 Å². The lowest BCUT2D eigenvalue weighted by Gasteiger charge is -2.29. The highest BCUT2D eigenvalue weighted by Gasteiger charge is 2.38. The van der Waals surface area contributed by atoms with Gasteiger partial charge in [0.15, 0.2) is 11.5 Å². The van der Waals surface area contributed by atoms with Crippen molar-refractivity contribution in [3.63, 3.8) is 0 Å². The van der Waals surface area contributed by atoms with E-state index in [1.807, 2.05) is 30.3 Å². The van der Waals surface area contributed by atoms with Crippen LogP contribution in [0.25, 0.3) is 0 Å². The molecule has 0 bridgehead atoms. The predicted octanol–water partition coefficient (Wildman–Crippen LogP) is 3.76. The molecule has 4 rings (SSSR count). The first-order valence-corrected chi connectivity index (χ1v) is 9.47. The highest BCUT2D eigenvalue weighted by atomic mass is 79.9.